The Labute approximate surface area is 158 Å². The number of benzene rings is 2. The maximum atomic E-state index is 13.0. The summed E-state index contributed by atoms with van der Waals surface area (Å²) in [4.78, 5) is 19.6. The van der Waals surface area contributed by atoms with Gasteiger partial charge in [-0.25, -0.2) is 4.98 Å². The van der Waals surface area contributed by atoms with Crippen LogP contribution >= 0.6 is 0 Å². The zero-order valence-corrected chi connectivity index (χ0v) is 15.5. The van der Waals surface area contributed by atoms with Crippen LogP contribution < -0.4 is 10.1 Å². The molecule has 0 bridgehead atoms. The third-order valence-electron chi connectivity index (χ3n) is 4.96. The van der Waals surface area contributed by atoms with Crippen LogP contribution in [-0.2, 0) is 17.9 Å². The van der Waals surface area contributed by atoms with Crippen molar-refractivity contribution in [2.45, 2.75) is 26.1 Å². The van der Waals surface area contributed by atoms with Crippen molar-refractivity contribution in [2.24, 2.45) is 0 Å². The van der Waals surface area contributed by atoms with Gasteiger partial charge < -0.3 is 19.5 Å². The number of para-hydroxylation sites is 3. The summed E-state index contributed by atoms with van der Waals surface area (Å²) < 4.78 is 7.87. The lowest BCUT2D eigenvalue weighted by Gasteiger charge is -2.34. The molecule has 1 aliphatic heterocycles. The van der Waals surface area contributed by atoms with E-state index in [1.54, 1.807) is 0 Å². The van der Waals surface area contributed by atoms with Gasteiger partial charge in [0, 0.05) is 25.7 Å². The molecule has 140 valence electrons. The smallest absolute Gasteiger partial charge is 0.242 e. The van der Waals surface area contributed by atoms with E-state index in [1.807, 2.05) is 64.1 Å². The van der Waals surface area contributed by atoms with Crippen molar-refractivity contribution < 1.29 is 9.53 Å². The fourth-order valence-electron chi connectivity index (χ4n) is 3.51. The Kier molecular flexibility index (Phi) is 5.07. The number of ether oxygens (including phenoxy) is 1. The van der Waals surface area contributed by atoms with Gasteiger partial charge in [-0.2, -0.15) is 0 Å². The first-order valence-corrected chi connectivity index (χ1v) is 9.34. The number of imidazole rings is 1. The van der Waals surface area contributed by atoms with Gasteiger partial charge in [0.25, 0.3) is 0 Å². The van der Waals surface area contributed by atoms with Crippen molar-refractivity contribution in [1.29, 1.82) is 0 Å². The van der Waals surface area contributed by atoms with Gasteiger partial charge in [0.2, 0.25) is 5.91 Å². The molecule has 0 radical (unpaired) electrons. The monoisotopic (exact) mass is 364 g/mol. The number of hydrogen-bond donors (Lipinski definition) is 1. The van der Waals surface area contributed by atoms with Crippen molar-refractivity contribution in [1.82, 2.24) is 19.8 Å². The van der Waals surface area contributed by atoms with Crippen LogP contribution in [0.1, 0.15) is 12.7 Å². The summed E-state index contributed by atoms with van der Waals surface area (Å²) in [6.07, 6.45) is 0. The maximum Gasteiger partial charge on any atom is 0.242 e. The fraction of sp³-hybridized carbons (Fsp3) is 0.333. The Morgan fingerprint density at radius 1 is 1.19 bits per heavy atom. The van der Waals surface area contributed by atoms with E-state index in [-0.39, 0.29) is 18.5 Å². The Balaban J connectivity index is 1.59. The van der Waals surface area contributed by atoms with Crippen molar-refractivity contribution >= 4 is 16.9 Å². The molecule has 6 nitrogen and oxygen atoms in total. The standard InChI is InChI=1S/C21H24N4O2/c1-16-13-22-11-12-24(16)21(26)14-25-19-10-6-5-9-18(19)23-20(25)15-27-17-7-3-2-4-8-17/h2-10,16,22H,11-15H2,1H3/t16-/m1/s1. The van der Waals surface area contributed by atoms with E-state index < -0.39 is 0 Å². The van der Waals surface area contributed by atoms with Gasteiger partial charge in [0.05, 0.1) is 11.0 Å². The first-order chi connectivity index (χ1) is 13.2. The highest BCUT2D eigenvalue weighted by atomic mass is 16.5. The van der Waals surface area contributed by atoms with Crippen molar-refractivity contribution in [3.8, 4) is 5.75 Å². The average molecular weight is 364 g/mol. The van der Waals surface area contributed by atoms with Crippen molar-refractivity contribution in [3.05, 3.63) is 60.4 Å². The van der Waals surface area contributed by atoms with Gasteiger partial charge in [0.1, 0.15) is 24.7 Å². The Bertz CT molecular complexity index is 922. The largest absolute Gasteiger partial charge is 0.486 e. The third-order valence-corrected chi connectivity index (χ3v) is 4.96. The third kappa shape index (κ3) is 3.80. The average Bonchev–Trinajstić information content (AvgIpc) is 3.05. The van der Waals surface area contributed by atoms with Gasteiger partial charge in [-0.3, -0.25) is 4.79 Å². The van der Waals surface area contributed by atoms with E-state index in [0.29, 0.717) is 6.61 Å². The number of carbonyl (C=O) groups excluding carboxylic acids is 1. The molecule has 27 heavy (non-hydrogen) atoms. The highest BCUT2D eigenvalue weighted by Crippen LogP contribution is 2.19. The first-order valence-electron chi connectivity index (χ1n) is 9.34. The predicted molar refractivity (Wildman–Crippen MR) is 105 cm³/mol. The number of nitrogens with one attached hydrogen (secondary N) is 1. The van der Waals surface area contributed by atoms with Crippen LogP contribution in [0.15, 0.2) is 54.6 Å². The van der Waals surface area contributed by atoms with Crippen LogP contribution in [-0.4, -0.2) is 46.0 Å². The molecule has 0 spiro atoms. The number of aromatic nitrogens is 2. The molecule has 6 heteroatoms. The number of fused-ring (bicyclic) bond motifs is 1. The molecule has 1 N–H and O–H groups in total. The Morgan fingerprint density at radius 3 is 2.78 bits per heavy atom. The lowest BCUT2D eigenvalue weighted by Crippen LogP contribution is -2.53. The molecule has 1 aromatic heterocycles. The molecule has 1 saturated heterocycles. The number of piperazine rings is 1. The SMILES string of the molecule is C[C@@H]1CNCCN1C(=O)Cn1c(COc2ccccc2)nc2ccccc21. The number of carbonyl (C=O) groups is 1. The lowest BCUT2D eigenvalue weighted by atomic mass is 10.2. The molecular weight excluding hydrogens is 340 g/mol. The lowest BCUT2D eigenvalue weighted by molar-refractivity contribution is -0.134. The second-order valence-electron chi connectivity index (χ2n) is 6.84. The highest BCUT2D eigenvalue weighted by Gasteiger charge is 2.24. The number of hydrogen-bond acceptors (Lipinski definition) is 4. The predicted octanol–water partition coefficient (Wildman–Crippen LogP) is 2.44. The minimum absolute atomic E-state index is 0.119. The summed E-state index contributed by atoms with van der Waals surface area (Å²) in [6, 6.07) is 17.8. The molecule has 3 aromatic rings. The van der Waals surface area contributed by atoms with E-state index in [2.05, 4.69) is 12.2 Å². The molecule has 0 unspecified atom stereocenters. The highest BCUT2D eigenvalue weighted by molar-refractivity contribution is 5.81. The quantitative estimate of drug-likeness (QED) is 0.755. The summed E-state index contributed by atoms with van der Waals surface area (Å²) in [7, 11) is 0. The van der Waals surface area contributed by atoms with Crippen molar-refractivity contribution in [3.63, 3.8) is 0 Å². The van der Waals surface area contributed by atoms with Gasteiger partial charge >= 0.3 is 0 Å². The summed E-state index contributed by atoms with van der Waals surface area (Å²) in [5.41, 5.74) is 1.84. The summed E-state index contributed by atoms with van der Waals surface area (Å²) >= 11 is 0. The van der Waals surface area contributed by atoms with Crippen LogP contribution in [0.5, 0.6) is 5.75 Å². The Morgan fingerprint density at radius 2 is 1.96 bits per heavy atom. The molecule has 1 amide bonds. The van der Waals surface area contributed by atoms with Crippen LogP contribution in [0.25, 0.3) is 11.0 Å². The van der Waals surface area contributed by atoms with Crippen molar-refractivity contribution in [2.75, 3.05) is 19.6 Å². The molecule has 1 fully saturated rings. The van der Waals surface area contributed by atoms with Gasteiger partial charge in [0.15, 0.2) is 0 Å². The summed E-state index contributed by atoms with van der Waals surface area (Å²) in [6.45, 7) is 5.09. The number of rotatable bonds is 5. The minimum Gasteiger partial charge on any atom is -0.486 e. The van der Waals surface area contributed by atoms with Gasteiger partial charge in [-0.15, -0.1) is 0 Å². The molecular formula is C21H24N4O2. The first kappa shape index (κ1) is 17.5. The molecule has 4 rings (SSSR count). The van der Waals surface area contributed by atoms with Crippen LogP contribution in [0.3, 0.4) is 0 Å². The maximum absolute atomic E-state index is 13.0. The van der Waals surface area contributed by atoms with E-state index in [1.165, 1.54) is 0 Å². The molecule has 2 aromatic carbocycles. The van der Waals surface area contributed by atoms with Crippen LogP contribution in [0.4, 0.5) is 0 Å². The second-order valence-corrected chi connectivity index (χ2v) is 6.84. The van der Waals surface area contributed by atoms with E-state index in [4.69, 9.17) is 9.72 Å². The number of nitrogens with zero attached hydrogens (tertiary/aromatic N) is 3. The summed E-state index contributed by atoms with van der Waals surface area (Å²) in [5.74, 6) is 1.67. The van der Waals surface area contributed by atoms with E-state index in [0.717, 1.165) is 42.2 Å². The molecule has 2 heterocycles. The van der Waals surface area contributed by atoms with Gasteiger partial charge in [-0.05, 0) is 31.2 Å². The molecule has 0 aliphatic carbocycles. The molecule has 1 atom stereocenters. The van der Waals surface area contributed by atoms with Crippen LogP contribution in [0, 0.1) is 0 Å². The summed E-state index contributed by atoms with van der Waals surface area (Å²) in [5, 5.41) is 3.32. The zero-order valence-electron chi connectivity index (χ0n) is 15.5. The second kappa shape index (κ2) is 7.80. The molecule has 1 aliphatic rings. The minimum atomic E-state index is 0.119. The Hall–Kier alpha value is -2.86. The fourth-order valence-corrected chi connectivity index (χ4v) is 3.51. The normalized spacial score (nSPS) is 17.2. The molecule has 0 saturated carbocycles. The van der Waals surface area contributed by atoms with E-state index in [9.17, 15) is 4.79 Å². The number of amides is 1. The zero-order chi connectivity index (χ0) is 18.6. The van der Waals surface area contributed by atoms with Crippen LogP contribution in [0.2, 0.25) is 0 Å². The topological polar surface area (TPSA) is 59.4 Å². The van der Waals surface area contributed by atoms with E-state index >= 15 is 0 Å². The van der Waals surface area contributed by atoms with Gasteiger partial charge in [-0.1, -0.05) is 30.3 Å².